The molecule has 2 N–H and O–H groups in total. The third kappa shape index (κ3) is 2.73. The summed E-state index contributed by atoms with van der Waals surface area (Å²) in [5, 5.41) is 8.14. The molecule has 128 valence electrons. The monoisotopic (exact) mass is 336 g/mol. The third-order valence-electron chi connectivity index (χ3n) is 4.85. The zero-order valence-electron chi connectivity index (χ0n) is 14.3. The molecule has 0 aliphatic heterocycles. The van der Waals surface area contributed by atoms with Crippen LogP contribution in [0.1, 0.15) is 39.3 Å². The predicted molar refractivity (Wildman–Crippen MR) is 95.7 cm³/mol. The summed E-state index contributed by atoms with van der Waals surface area (Å²) in [6.45, 7) is 2.17. The Morgan fingerprint density at radius 3 is 3.00 bits per heavy atom. The van der Waals surface area contributed by atoms with Crippen LogP contribution in [0.15, 0.2) is 29.1 Å². The number of hydrogen-bond donors (Lipinski definition) is 2. The van der Waals surface area contributed by atoms with Gasteiger partial charge in [0.2, 0.25) is 0 Å². The molecule has 2 heterocycles. The molecule has 0 spiro atoms. The number of nitrogens with one attached hydrogen (secondary N) is 2. The standard InChI is InChI=1S/C19H20N4O2/c1-11-6-7-12-9-13(18(24)21-15(12)8-11)10-20-19(25)17-14-4-3-5-16(14)23(2)22-17/h6-9H,3-5,10H2,1-2H3,(H,20,25)(H,21,24). The van der Waals surface area contributed by atoms with Crippen molar-refractivity contribution < 1.29 is 4.79 Å². The number of pyridine rings is 1. The number of benzene rings is 1. The molecule has 1 aromatic carbocycles. The smallest absolute Gasteiger partial charge is 0.272 e. The first-order valence-corrected chi connectivity index (χ1v) is 8.48. The summed E-state index contributed by atoms with van der Waals surface area (Å²) in [6, 6.07) is 7.74. The molecule has 0 saturated heterocycles. The van der Waals surface area contributed by atoms with Gasteiger partial charge in [-0.3, -0.25) is 14.3 Å². The van der Waals surface area contributed by atoms with E-state index in [4.69, 9.17) is 0 Å². The van der Waals surface area contributed by atoms with Gasteiger partial charge in [0.1, 0.15) is 0 Å². The summed E-state index contributed by atoms with van der Waals surface area (Å²) in [4.78, 5) is 27.7. The van der Waals surface area contributed by atoms with Crippen molar-refractivity contribution in [2.45, 2.75) is 32.7 Å². The second-order valence-corrected chi connectivity index (χ2v) is 6.65. The molecule has 3 aromatic rings. The molecule has 0 fully saturated rings. The van der Waals surface area contributed by atoms with E-state index in [2.05, 4.69) is 15.4 Å². The Kier molecular flexibility index (Phi) is 3.67. The van der Waals surface area contributed by atoms with Crippen molar-refractivity contribution in [1.82, 2.24) is 20.1 Å². The van der Waals surface area contributed by atoms with E-state index >= 15 is 0 Å². The van der Waals surface area contributed by atoms with Crippen LogP contribution in [-0.4, -0.2) is 20.7 Å². The molecular weight excluding hydrogens is 316 g/mol. The Labute approximate surface area is 144 Å². The number of aryl methyl sites for hydroxylation is 2. The number of hydrogen-bond acceptors (Lipinski definition) is 3. The topological polar surface area (TPSA) is 79.8 Å². The number of carbonyl (C=O) groups excluding carboxylic acids is 1. The van der Waals surface area contributed by atoms with Gasteiger partial charge in [0, 0.05) is 35.9 Å². The lowest BCUT2D eigenvalue weighted by Crippen LogP contribution is -2.27. The average Bonchev–Trinajstić information content (AvgIpc) is 3.17. The molecule has 6 nitrogen and oxygen atoms in total. The van der Waals surface area contributed by atoms with Crippen LogP contribution in [0.4, 0.5) is 0 Å². The summed E-state index contributed by atoms with van der Waals surface area (Å²) < 4.78 is 1.79. The van der Waals surface area contributed by atoms with E-state index in [1.807, 2.05) is 38.2 Å². The van der Waals surface area contributed by atoms with Crippen LogP contribution >= 0.6 is 0 Å². The van der Waals surface area contributed by atoms with Crippen molar-refractivity contribution in [2.75, 3.05) is 0 Å². The van der Waals surface area contributed by atoms with E-state index in [1.165, 1.54) is 0 Å². The van der Waals surface area contributed by atoms with E-state index < -0.39 is 0 Å². The first-order chi connectivity index (χ1) is 12.0. The van der Waals surface area contributed by atoms with Crippen molar-refractivity contribution in [3.63, 3.8) is 0 Å². The maximum absolute atomic E-state index is 12.5. The maximum Gasteiger partial charge on any atom is 0.272 e. The van der Waals surface area contributed by atoms with Crippen LogP contribution in [0.2, 0.25) is 0 Å². The molecular formula is C19H20N4O2. The van der Waals surface area contributed by atoms with Crippen molar-refractivity contribution in [2.24, 2.45) is 7.05 Å². The number of fused-ring (bicyclic) bond motifs is 2. The number of carbonyl (C=O) groups is 1. The average molecular weight is 336 g/mol. The Balaban J connectivity index is 1.57. The van der Waals surface area contributed by atoms with Crippen LogP contribution in [0.25, 0.3) is 10.9 Å². The Bertz CT molecular complexity index is 1050. The molecule has 0 unspecified atom stereocenters. The molecule has 1 aliphatic rings. The second-order valence-electron chi connectivity index (χ2n) is 6.65. The quantitative estimate of drug-likeness (QED) is 0.767. The summed E-state index contributed by atoms with van der Waals surface area (Å²) in [6.07, 6.45) is 2.92. The molecule has 4 rings (SSSR count). The van der Waals surface area contributed by atoms with Gasteiger partial charge in [-0.15, -0.1) is 0 Å². The minimum Gasteiger partial charge on any atom is -0.346 e. The fraction of sp³-hybridized carbons (Fsp3) is 0.316. The zero-order valence-corrected chi connectivity index (χ0v) is 14.3. The lowest BCUT2D eigenvalue weighted by atomic mass is 10.1. The van der Waals surface area contributed by atoms with Crippen molar-refractivity contribution in [1.29, 1.82) is 0 Å². The maximum atomic E-state index is 12.5. The molecule has 2 aromatic heterocycles. The molecule has 25 heavy (non-hydrogen) atoms. The minimum absolute atomic E-state index is 0.176. The first-order valence-electron chi connectivity index (χ1n) is 8.48. The van der Waals surface area contributed by atoms with E-state index in [1.54, 1.807) is 4.68 Å². The van der Waals surface area contributed by atoms with Gasteiger partial charge in [0.15, 0.2) is 5.69 Å². The number of nitrogens with zero attached hydrogens (tertiary/aromatic N) is 2. The Hall–Kier alpha value is -2.89. The van der Waals surface area contributed by atoms with Crippen molar-refractivity contribution >= 4 is 16.8 Å². The van der Waals surface area contributed by atoms with Gasteiger partial charge in [0.05, 0.1) is 0 Å². The lowest BCUT2D eigenvalue weighted by Gasteiger charge is -2.06. The number of rotatable bonds is 3. The molecule has 6 heteroatoms. The zero-order chi connectivity index (χ0) is 17.6. The Morgan fingerprint density at radius 1 is 1.32 bits per heavy atom. The molecule has 1 amide bonds. The van der Waals surface area contributed by atoms with Gasteiger partial charge in [-0.2, -0.15) is 5.10 Å². The van der Waals surface area contributed by atoms with Gasteiger partial charge in [-0.25, -0.2) is 0 Å². The molecule has 0 bridgehead atoms. The fourth-order valence-corrected chi connectivity index (χ4v) is 3.54. The Morgan fingerprint density at radius 2 is 2.16 bits per heavy atom. The third-order valence-corrected chi connectivity index (χ3v) is 4.85. The highest BCUT2D eigenvalue weighted by Gasteiger charge is 2.24. The first kappa shape index (κ1) is 15.6. The normalized spacial score (nSPS) is 13.2. The molecule has 0 radical (unpaired) electrons. The lowest BCUT2D eigenvalue weighted by molar-refractivity contribution is 0.0944. The highest BCUT2D eigenvalue weighted by Crippen LogP contribution is 2.24. The van der Waals surface area contributed by atoms with Crippen LogP contribution in [0.5, 0.6) is 0 Å². The van der Waals surface area contributed by atoms with Gasteiger partial charge in [-0.1, -0.05) is 12.1 Å². The summed E-state index contributed by atoms with van der Waals surface area (Å²) >= 11 is 0. The van der Waals surface area contributed by atoms with Gasteiger partial charge < -0.3 is 10.3 Å². The van der Waals surface area contributed by atoms with Crippen molar-refractivity contribution in [3.8, 4) is 0 Å². The SMILES string of the molecule is Cc1ccc2cc(CNC(=O)c3nn(C)c4c3CCC4)c(=O)[nH]c2c1. The molecule has 0 atom stereocenters. The van der Waals surface area contributed by atoms with E-state index in [-0.39, 0.29) is 18.0 Å². The largest absolute Gasteiger partial charge is 0.346 e. The number of amides is 1. The van der Waals surface area contributed by atoms with Crippen LogP contribution in [0, 0.1) is 6.92 Å². The predicted octanol–water partition coefficient (Wildman–Crippen LogP) is 1.99. The van der Waals surface area contributed by atoms with Crippen LogP contribution < -0.4 is 10.9 Å². The van der Waals surface area contributed by atoms with Gasteiger partial charge in [-0.05, 0) is 49.3 Å². The molecule has 0 saturated carbocycles. The van der Waals surface area contributed by atoms with E-state index in [9.17, 15) is 9.59 Å². The summed E-state index contributed by atoms with van der Waals surface area (Å²) in [7, 11) is 1.87. The van der Waals surface area contributed by atoms with Gasteiger partial charge >= 0.3 is 0 Å². The highest BCUT2D eigenvalue weighted by molar-refractivity contribution is 5.94. The van der Waals surface area contributed by atoms with Crippen LogP contribution in [0.3, 0.4) is 0 Å². The van der Waals surface area contributed by atoms with Crippen LogP contribution in [-0.2, 0) is 26.4 Å². The summed E-state index contributed by atoms with van der Waals surface area (Å²) in [5.74, 6) is -0.220. The van der Waals surface area contributed by atoms with Crippen molar-refractivity contribution in [3.05, 3.63) is 62.7 Å². The number of H-pyrrole nitrogens is 1. The minimum atomic E-state index is -0.220. The highest BCUT2D eigenvalue weighted by atomic mass is 16.2. The number of aromatic nitrogens is 3. The summed E-state index contributed by atoms with van der Waals surface area (Å²) in [5.41, 5.74) is 4.94. The van der Waals surface area contributed by atoms with Gasteiger partial charge in [0.25, 0.3) is 11.5 Å². The van der Waals surface area contributed by atoms with E-state index in [0.29, 0.717) is 11.3 Å². The van der Waals surface area contributed by atoms with E-state index in [0.717, 1.165) is 47.0 Å². The molecule has 1 aliphatic carbocycles. The fourth-order valence-electron chi connectivity index (χ4n) is 3.54. The second kappa shape index (κ2) is 5.88. The number of aromatic amines is 1.